The van der Waals surface area contributed by atoms with E-state index >= 15 is 0 Å². The van der Waals surface area contributed by atoms with Gasteiger partial charge in [0.1, 0.15) is 6.04 Å². The summed E-state index contributed by atoms with van der Waals surface area (Å²) in [7, 11) is 0. The van der Waals surface area contributed by atoms with Crippen LogP contribution in [0.3, 0.4) is 0 Å². The lowest BCUT2D eigenvalue weighted by Crippen LogP contribution is -2.52. The van der Waals surface area contributed by atoms with Crippen molar-refractivity contribution in [2.75, 3.05) is 18.2 Å². The van der Waals surface area contributed by atoms with E-state index in [4.69, 9.17) is 0 Å². The maximum Gasteiger partial charge on any atom is 0.391 e. The summed E-state index contributed by atoms with van der Waals surface area (Å²) in [6.07, 6.45) is -4.21. The van der Waals surface area contributed by atoms with Gasteiger partial charge in [0, 0.05) is 19.2 Å². The maximum absolute atomic E-state index is 12.8. The lowest BCUT2D eigenvalue weighted by Gasteiger charge is -2.38. The number of amides is 2. The molecule has 23 heavy (non-hydrogen) atoms. The van der Waals surface area contributed by atoms with E-state index in [0.29, 0.717) is 11.6 Å². The first-order valence-corrected chi connectivity index (χ1v) is 8.70. The van der Waals surface area contributed by atoms with Gasteiger partial charge < -0.3 is 15.3 Å². The Morgan fingerprint density at radius 3 is 2.74 bits per heavy atom. The number of thioether (sulfide) groups is 1. The molecule has 2 N–H and O–H groups in total. The number of rotatable bonds is 3. The molecule has 0 aromatic heterocycles. The Labute approximate surface area is 137 Å². The van der Waals surface area contributed by atoms with Crippen LogP contribution in [0, 0.1) is 5.92 Å². The standard InChI is InChI=1S/C14H21F3N2O3S/c1-9(20)19-8-23-6-11(19)12(21)18-7-13(22)4-2-3-10(5-13)14(15,16)17/h10-11,22H,2-8H2,1H3,(H,18,21). The van der Waals surface area contributed by atoms with Gasteiger partial charge in [-0.15, -0.1) is 11.8 Å². The van der Waals surface area contributed by atoms with Crippen LogP contribution >= 0.6 is 11.8 Å². The fourth-order valence-corrected chi connectivity index (χ4v) is 4.34. The van der Waals surface area contributed by atoms with Crippen molar-refractivity contribution in [3.8, 4) is 0 Å². The fourth-order valence-electron chi connectivity index (χ4n) is 3.12. The van der Waals surface area contributed by atoms with Gasteiger partial charge in [-0.25, -0.2) is 0 Å². The molecule has 3 atom stereocenters. The quantitative estimate of drug-likeness (QED) is 0.806. The number of hydrogen-bond acceptors (Lipinski definition) is 4. The zero-order valence-electron chi connectivity index (χ0n) is 12.9. The van der Waals surface area contributed by atoms with Crippen molar-refractivity contribution in [1.82, 2.24) is 10.2 Å². The highest BCUT2D eigenvalue weighted by Gasteiger charge is 2.47. The number of carbonyl (C=O) groups is 2. The molecular weight excluding hydrogens is 333 g/mol. The van der Waals surface area contributed by atoms with E-state index in [1.54, 1.807) is 0 Å². The summed E-state index contributed by atoms with van der Waals surface area (Å²) in [6, 6.07) is -0.622. The zero-order chi connectivity index (χ0) is 17.3. The summed E-state index contributed by atoms with van der Waals surface area (Å²) in [5.74, 6) is -1.30. The third-order valence-electron chi connectivity index (χ3n) is 4.47. The zero-order valence-corrected chi connectivity index (χ0v) is 13.7. The molecule has 2 rings (SSSR count). The van der Waals surface area contributed by atoms with Crippen molar-refractivity contribution in [3.05, 3.63) is 0 Å². The van der Waals surface area contributed by atoms with E-state index in [2.05, 4.69) is 5.32 Å². The summed E-state index contributed by atoms with van der Waals surface area (Å²) < 4.78 is 38.5. The first-order chi connectivity index (χ1) is 10.6. The molecular formula is C14H21F3N2O3S. The van der Waals surface area contributed by atoms with Crippen molar-refractivity contribution in [2.24, 2.45) is 5.92 Å². The molecule has 1 aliphatic heterocycles. The van der Waals surface area contributed by atoms with Crippen molar-refractivity contribution in [2.45, 2.75) is 50.4 Å². The van der Waals surface area contributed by atoms with Gasteiger partial charge in [-0.05, 0) is 25.7 Å². The van der Waals surface area contributed by atoms with Crippen LogP contribution in [0.15, 0.2) is 0 Å². The second kappa shape index (κ2) is 6.88. The van der Waals surface area contributed by atoms with Crippen LogP contribution in [0.4, 0.5) is 13.2 Å². The molecule has 0 spiro atoms. The molecule has 0 radical (unpaired) electrons. The third-order valence-corrected chi connectivity index (χ3v) is 5.48. The van der Waals surface area contributed by atoms with Crippen molar-refractivity contribution < 1.29 is 27.9 Å². The lowest BCUT2D eigenvalue weighted by atomic mass is 9.77. The predicted molar refractivity (Wildman–Crippen MR) is 79.6 cm³/mol. The molecule has 5 nitrogen and oxygen atoms in total. The van der Waals surface area contributed by atoms with Crippen LogP contribution in [0.5, 0.6) is 0 Å². The maximum atomic E-state index is 12.8. The van der Waals surface area contributed by atoms with Gasteiger partial charge in [0.2, 0.25) is 11.8 Å². The van der Waals surface area contributed by atoms with Gasteiger partial charge in [-0.3, -0.25) is 9.59 Å². The Kier molecular flexibility index (Phi) is 5.50. The van der Waals surface area contributed by atoms with Crippen LogP contribution in [-0.4, -0.2) is 57.8 Å². The van der Waals surface area contributed by atoms with Crippen molar-refractivity contribution >= 4 is 23.6 Å². The molecule has 1 aliphatic carbocycles. The Morgan fingerprint density at radius 2 is 2.13 bits per heavy atom. The van der Waals surface area contributed by atoms with Crippen molar-refractivity contribution in [1.29, 1.82) is 0 Å². The number of nitrogens with one attached hydrogen (secondary N) is 1. The van der Waals surface area contributed by atoms with E-state index in [1.807, 2.05) is 0 Å². The van der Waals surface area contributed by atoms with Crippen LogP contribution in [0.2, 0.25) is 0 Å². The highest BCUT2D eigenvalue weighted by atomic mass is 32.2. The summed E-state index contributed by atoms with van der Waals surface area (Å²) in [5, 5.41) is 12.9. The first kappa shape index (κ1) is 18.4. The molecule has 2 aliphatic rings. The number of hydrogen-bond donors (Lipinski definition) is 2. The number of carbonyl (C=O) groups excluding carboxylic acids is 2. The Hall–Kier alpha value is -0.960. The molecule has 0 aromatic rings. The lowest BCUT2D eigenvalue weighted by molar-refractivity contribution is -0.200. The smallest absolute Gasteiger partial charge is 0.388 e. The topological polar surface area (TPSA) is 69.6 Å². The summed E-state index contributed by atoms with van der Waals surface area (Å²) in [6.45, 7) is 1.15. The number of aliphatic hydroxyl groups is 1. The van der Waals surface area contributed by atoms with Gasteiger partial charge in [0.05, 0.1) is 17.4 Å². The third kappa shape index (κ3) is 4.53. The second-order valence-corrected chi connectivity index (χ2v) is 7.28. The molecule has 3 unspecified atom stereocenters. The average molecular weight is 354 g/mol. The Bertz CT molecular complexity index is 475. The minimum atomic E-state index is -4.33. The van der Waals surface area contributed by atoms with Crippen LogP contribution in [0.1, 0.15) is 32.6 Å². The van der Waals surface area contributed by atoms with Gasteiger partial charge in [-0.2, -0.15) is 13.2 Å². The van der Waals surface area contributed by atoms with Gasteiger partial charge >= 0.3 is 6.18 Å². The van der Waals surface area contributed by atoms with E-state index in [-0.39, 0.29) is 31.7 Å². The molecule has 0 aromatic carbocycles. The minimum Gasteiger partial charge on any atom is -0.388 e. The molecule has 1 saturated carbocycles. The Balaban J connectivity index is 1.91. The number of halogens is 3. The number of nitrogens with zero attached hydrogens (tertiary/aromatic N) is 1. The molecule has 2 amide bonds. The highest BCUT2D eigenvalue weighted by Crippen LogP contribution is 2.41. The van der Waals surface area contributed by atoms with Gasteiger partial charge in [-0.1, -0.05) is 0 Å². The molecule has 1 heterocycles. The van der Waals surface area contributed by atoms with Crippen LogP contribution in [0.25, 0.3) is 0 Å². The minimum absolute atomic E-state index is 0.0110. The van der Waals surface area contributed by atoms with Gasteiger partial charge in [0.15, 0.2) is 0 Å². The van der Waals surface area contributed by atoms with Crippen LogP contribution < -0.4 is 5.32 Å². The normalized spacial score (nSPS) is 32.0. The monoisotopic (exact) mass is 354 g/mol. The largest absolute Gasteiger partial charge is 0.391 e. The summed E-state index contributed by atoms with van der Waals surface area (Å²) >= 11 is 1.44. The second-order valence-electron chi connectivity index (χ2n) is 6.28. The van der Waals surface area contributed by atoms with Crippen LogP contribution in [-0.2, 0) is 9.59 Å². The average Bonchev–Trinajstić information content (AvgIpc) is 2.93. The molecule has 0 bridgehead atoms. The van der Waals surface area contributed by atoms with E-state index in [1.165, 1.54) is 23.6 Å². The fraction of sp³-hybridized carbons (Fsp3) is 0.857. The molecule has 1 saturated heterocycles. The van der Waals surface area contributed by atoms with E-state index in [0.717, 1.165) is 0 Å². The number of alkyl halides is 3. The highest BCUT2D eigenvalue weighted by molar-refractivity contribution is 7.99. The first-order valence-electron chi connectivity index (χ1n) is 7.54. The SMILES string of the molecule is CC(=O)N1CSCC1C(=O)NCC1(O)CCCC(C(F)(F)F)C1. The summed E-state index contributed by atoms with van der Waals surface area (Å²) in [5.41, 5.74) is -1.54. The van der Waals surface area contributed by atoms with Crippen molar-refractivity contribution in [3.63, 3.8) is 0 Å². The van der Waals surface area contributed by atoms with E-state index in [9.17, 15) is 27.9 Å². The summed E-state index contributed by atoms with van der Waals surface area (Å²) in [4.78, 5) is 25.0. The molecule has 2 fully saturated rings. The Morgan fingerprint density at radius 1 is 1.43 bits per heavy atom. The van der Waals surface area contributed by atoms with Gasteiger partial charge in [0.25, 0.3) is 0 Å². The van der Waals surface area contributed by atoms with E-state index < -0.39 is 36.1 Å². The predicted octanol–water partition coefficient (Wildman–Crippen LogP) is 1.51. The molecule has 132 valence electrons. The molecule has 9 heteroatoms.